The highest BCUT2D eigenvalue weighted by atomic mass is 19.1. The minimum absolute atomic E-state index is 0.223. The molecule has 0 aliphatic carbocycles. The molecule has 23 heavy (non-hydrogen) atoms. The van der Waals surface area contributed by atoms with E-state index in [9.17, 15) is 9.18 Å². The van der Waals surface area contributed by atoms with Crippen molar-refractivity contribution in [2.45, 2.75) is 19.6 Å². The first-order valence-corrected chi connectivity index (χ1v) is 7.51. The van der Waals surface area contributed by atoms with Gasteiger partial charge in [0.1, 0.15) is 5.82 Å². The van der Waals surface area contributed by atoms with E-state index in [4.69, 9.17) is 4.74 Å². The number of amides is 2. The van der Waals surface area contributed by atoms with Gasteiger partial charge in [0.2, 0.25) is 0 Å². The van der Waals surface area contributed by atoms with Crippen LogP contribution in [0.25, 0.3) is 0 Å². The Morgan fingerprint density at radius 1 is 1.04 bits per heavy atom. The van der Waals surface area contributed by atoms with E-state index in [1.807, 2.05) is 24.3 Å². The maximum Gasteiger partial charge on any atom is 0.315 e. The maximum absolute atomic E-state index is 12.8. The molecule has 0 aromatic heterocycles. The van der Waals surface area contributed by atoms with Gasteiger partial charge in [0.25, 0.3) is 0 Å². The normalized spacial score (nSPS) is 10.3. The molecule has 5 heteroatoms. The van der Waals surface area contributed by atoms with Crippen LogP contribution in [-0.2, 0) is 24.3 Å². The number of benzene rings is 2. The molecule has 0 aliphatic rings. The number of nitrogens with one attached hydrogen (secondary N) is 2. The van der Waals surface area contributed by atoms with Crippen molar-refractivity contribution in [3.05, 3.63) is 71.0 Å². The highest BCUT2D eigenvalue weighted by Crippen LogP contribution is 2.09. The van der Waals surface area contributed by atoms with Gasteiger partial charge >= 0.3 is 6.03 Å². The minimum Gasteiger partial charge on any atom is -0.380 e. The van der Waals surface area contributed by atoms with Crippen molar-refractivity contribution in [1.29, 1.82) is 0 Å². The van der Waals surface area contributed by atoms with Gasteiger partial charge in [-0.05, 0) is 35.2 Å². The summed E-state index contributed by atoms with van der Waals surface area (Å²) in [5.41, 5.74) is 3.07. The molecule has 0 radical (unpaired) electrons. The molecule has 0 heterocycles. The molecule has 2 rings (SSSR count). The fraction of sp³-hybridized carbons (Fsp3) is 0.278. The molecule has 0 bridgehead atoms. The van der Waals surface area contributed by atoms with Crippen LogP contribution < -0.4 is 10.6 Å². The average Bonchev–Trinajstić information content (AvgIpc) is 2.56. The quantitative estimate of drug-likeness (QED) is 0.825. The summed E-state index contributed by atoms with van der Waals surface area (Å²) in [4.78, 5) is 11.8. The van der Waals surface area contributed by atoms with E-state index in [0.717, 1.165) is 16.7 Å². The number of rotatable bonds is 7. The van der Waals surface area contributed by atoms with Gasteiger partial charge in [0.15, 0.2) is 0 Å². The second-order valence-corrected chi connectivity index (χ2v) is 5.19. The van der Waals surface area contributed by atoms with Crippen LogP contribution in [0, 0.1) is 5.82 Å². The van der Waals surface area contributed by atoms with Crippen LogP contribution in [0.4, 0.5) is 9.18 Å². The second kappa shape index (κ2) is 8.90. The molecular weight excluding hydrogens is 295 g/mol. The molecule has 0 unspecified atom stereocenters. The van der Waals surface area contributed by atoms with Crippen molar-refractivity contribution in [1.82, 2.24) is 10.6 Å². The zero-order valence-corrected chi connectivity index (χ0v) is 13.1. The molecule has 0 aliphatic heterocycles. The van der Waals surface area contributed by atoms with Gasteiger partial charge in [-0.25, -0.2) is 9.18 Å². The van der Waals surface area contributed by atoms with Crippen molar-refractivity contribution in [3.63, 3.8) is 0 Å². The lowest BCUT2D eigenvalue weighted by atomic mass is 10.1. The van der Waals surface area contributed by atoms with E-state index < -0.39 is 0 Å². The minimum atomic E-state index is -0.255. The van der Waals surface area contributed by atoms with Crippen molar-refractivity contribution in [3.8, 4) is 0 Å². The average molecular weight is 316 g/mol. The largest absolute Gasteiger partial charge is 0.380 e. The van der Waals surface area contributed by atoms with Crippen LogP contribution in [0.5, 0.6) is 0 Å². The third-order valence-corrected chi connectivity index (χ3v) is 3.47. The third kappa shape index (κ3) is 5.71. The van der Waals surface area contributed by atoms with Gasteiger partial charge < -0.3 is 15.4 Å². The molecule has 0 fully saturated rings. The topological polar surface area (TPSA) is 50.4 Å². The third-order valence-electron chi connectivity index (χ3n) is 3.47. The van der Waals surface area contributed by atoms with Crippen molar-refractivity contribution >= 4 is 6.03 Å². The Morgan fingerprint density at radius 3 is 2.43 bits per heavy atom. The van der Waals surface area contributed by atoms with E-state index in [-0.39, 0.29) is 11.8 Å². The van der Waals surface area contributed by atoms with Crippen LogP contribution in [-0.4, -0.2) is 19.7 Å². The van der Waals surface area contributed by atoms with E-state index in [1.54, 1.807) is 19.2 Å². The predicted molar refractivity (Wildman–Crippen MR) is 87.5 cm³/mol. The molecule has 122 valence electrons. The lowest BCUT2D eigenvalue weighted by Gasteiger charge is -2.11. The second-order valence-electron chi connectivity index (χ2n) is 5.19. The van der Waals surface area contributed by atoms with Crippen molar-refractivity contribution < 1.29 is 13.9 Å². The van der Waals surface area contributed by atoms with E-state index in [0.29, 0.717) is 26.1 Å². The number of ether oxygens (including phenoxy) is 1. The number of hydrogen-bond donors (Lipinski definition) is 2. The number of methoxy groups -OCH3 is 1. The molecular formula is C18H21FN2O2. The van der Waals surface area contributed by atoms with Gasteiger partial charge in [-0.1, -0.05) is 36.4 Å². The highest BCUT2D eigenvalue weighted by Gasteiger charge is 2.04. The predicted octanol–water partition coefficient (Wildman–Crippen LogP) is 3.01. The van der Waals surface area contributed by atoms with Gasteiger partial charge in [-0.3, -0.25) is 0 Å². The monoisotopic (exact) mass is 316 g/mol. The summed E-state index contributed by atoms with van der Waals surface area (Å²) in [6, 6.07) is 13.9. The zero-order chi connectivity index (χ0) is 16.5. The van der Waals surface area contributed by atoms with Crippen LogP contribution in [0.15, 0.2) is 48.5 Å². The molecule has 0 saturated heterocycles. The van der Waals surface area contributed by atoms with E-state index in [1.165, 1.54) is 12.1 Å². The van der Waals surface area contributed by atoms with Crippen LogP contribution in [0.1, 0.15) is 16.7 Å². The first-order valence-electron chi connectivity index (χ1n) is 7.51. The number of urea groups is 1. The Kier molecular flexibility index (Phi) is 6.56. The summed E-state index contributed by atoms with van der Waals surface area (Å²) in [5.74, 6) is -0.255. The summed E-state index contributed by atoms with van der Waals surface area (Å²) >= 11 is 0. The number of carbonyl (C=O) groups is 1. The summed E-state index contributed by atoms with van der Waals surface area (Å²) in [6.45, 7) is 1.46. The smallest absolute Gasteiger partial charge is 0.315 e. The standard InChI is InChI=1S/C18H21FN2O2/c1-23-13-16-5-3-2-4-15(16)12-21-18(22)20-11-10-14-6-8-17(19)9-7-14/h2-9H,10-13H2,1H3,(H2,20,21,22). The fourth-order valence-corrected chi connectivity index (χ4v) is 2.24. The Hall–Kier alpha value is -2.40. The van der Waals surface area contributed by atoms with Gasteiger partial charge in [0, 0.05) is 20.2 Å². The van der Waals surface area contributed by atoms with Crippen LogP contribution in [0.3, 0.4) is 0 Å². The molecule has 2 amide bonds. The molecule has 0 saturated carbocycles. The summed E-state index contributed by atoms with van der Waals surface area (Å²) in [6.07, 6.45) is 0.661. The number of hydrogen-bond acceptors (Lipinski definition) is 2. The Morgan fingerprint density at radius 2 is 1.74 bits per heavy atom. The van der Waals surface area contributed by atoms with Crippen LogP contribution in [0.2, 0.25) is 0 Å². The molecule has 2 N–H and O–H groups in total. The molecule has 0 atom stereocenters. The number of carbonyl (C=O) groups excluding carboxylic acids is 1. The summed E-state index contributed by atoms with van der Waals surface area (Å²) < 4.78 is 17.9. The van der Waals surface area contributed by atoms with Gasteiger partial charge in [-0.2, -0.15) is 0 Å². The lowest BCUT2D eigenvalue weighted by Crippen LogP contribution is -2.36. The van der Waals surface area contributed by atoms with E-state index in [2.05, 4.69) is 10.6 Å². The van der Waals surface area contributed by atoms with E-state index >= 15 is 0 Å². The Balaban J connectivity index is 1.74. The van der Waals surface area contributed by atoms with Crippen LogP contribution >= 0.6 is 0 Å². The zero-order valence-electron chi connectivity index (χ0n) is 13.1. The SMILES string of the molecule is COCc1ccccc1CNC(=O)NCCc1ccc(F)cc1. The molecule has 2 aromatic rings. The Bertz CT molecular complexity index is 629. The maximum atomic E-state index is 12.8. The molecule has 2 aromatic carbocycles. The molecule has 0 spiro atoms. The summed E-state index contributed by atoms with van der Waals surface area (Å²) in [7, 11) is 1.65. The molecule has 4 nitrogen and oxygen atoms in total. The first-order chi connectivity index (χ1) is 11.2. The highest BCUT2D eigenvalue weighted by molar-refractivity contribution is 5.73. The van der Waals surface area contributed by atoms with Crippen molar-refractivity contribution in [2.75, 3.05) is 13.7 Å². The Labute approximate surface area is 135 Å². The first kappa shape index (κ1) is 17.0. The fourth-order valence-electron chi connectivity index (χ4n) is 2.24. The van der Waals surface area contributed by atoms with Gasteiger partial charge in [-0.15, -0.1) is 0 Å². The van der Waals surface area contributed by atoms with Crippen molar-refractivity contribution in [2.24, 2.45) is 0 Å². The number of halogens is 1. The lowest BCUT2D eigenvalue weighted by molar-refractivity contribution is 0.184. The van der Waals surface area contributed by atoms with Gasteiger partial charge in [0.05, 0.1) is 6.61 Å². The summed E-state index contributed by atoms with van der Waals surface area (Å²) in [5, 5.41) is 5.62.